The van der Waals surface area contributed by atoms with Crippen LogP contribution in [-0.2, 0) is 10.0 Å². The largest absolute Gasteiger partial charge is 0.213 e. The second-order valence-corrected chi connectivity index (χ2v) is 12.4. The van der Waals surface area contributed by atoms with Gasteiger partial charge in [0.15, 0.2) is 0 Å². The molecule has 0 spiro atoms. The summed E-state index contributed by atoms with van der Waals surface area (Å²) in [7, 11) is -3.11. The third-order valence-electron chi connectivity index (χ3n) is 9.28. The number of hydrogen-bond donors (Lipinski definition) is 1. The van der Waals surface area contributed by atoms with E-state index >= 15 is 0 Å². The molecular weight excluding hydrogens is 330 g/mol. The lowest BCUT2D eigenvalue weighted by atomic mass is 9.44. The van der Waals surface area contributed by atoms with E-state index in [1.54, 1.807) is 0 Å². The van der Waals surface area contributed by atoms with Gasteiger partial charge in [-0.2, -0.15) is 0 Å². The molecule has 4 aliphatic rings. The van der Waals surface area contributed by atoms with Crippen LogP contribution in [0.4, 0.5) is 0 Å². The van der Waals surface area contributed by atoms with Crippen molar-refractivity contribution in [3.63, 3.8) is 0 Å². The van der Waals surface area contributed by atoms with Gasteiger partial charge in [-0.05, 0) is 91.8 Å². The molecular formula is C21H37NO2S. The van der Waals surface area contributed by atoms with Crippen LogP contribution in [0.25, 0.3) is 0 Å². The van der Waals surface area contributed by atoms with E-state index in [1.165, 1.54) is 57.6 Å². The number of nitrogens with one attached hydrogen (secondary N) is 1. The molecule has 0 radical (unpaired) electrons. The molecule has 4 aliphatic carbocycles. The fourth-order valence-electron chi connectivity index (χ4n) is 7.92. The molecule has 4 saturated carbocycles. The Bertz CT molecular complexity index is 632. The lowest BCUT2D eigenvalue weighted by molar-refractivity contribution is -0.112. The van der Waals surface area contributed by atoms with E-state index in [0.717, 1.165) is 36.0 Å². The molecule has 0 aromatic rings. The predicted molar refractivity (Wildman–Crippen MR) is 103 cm³/mol. The van der Waals surface area contributed by atoms with Crippen LogP contribution in [0.5, 0.6) is 0 Å². The summed E-state index contributed by atoms with van der Waals surface area (Å²) in [6.07, 6.45) is 13.2. The molecule has 25 heavy (non-hydrogen) atoms. The summed E-state index contributed by atoms with van der Waals surface area (Å²) in [5.74, 6) is 4.29. The summed E-state index contributed by atoms with van der Waals surface area (Å²) in [6, 6.07) is 0.158. The van der Waals surface area contributed by atoms with Crippen molar-refractivity contribution in [1.82, 2.24) is 4.72 Å². The molecule has 3 nitrogen and oxygen atoms in total. The lowest BCUT2D eigenvalue weighted by Crippen LogP contribution is -2.55. The monoisotopic (exact) mass is 367 g/mol. The highest BCUT2D eigenvalue weighted by Gasteiger charge is 2.60. The van der Waals surface area contributed by atoms with Gasteiger partial charge in [-0.15, -0.1) is 0 Å². The topological polar surface area (TPSA) is 46.2 Å². The van der Waals surface area contributed by atoms with Crippen molar-refractivity contribution in [2.75, 3.05) is 6.26 Å². The van der Waals surface area contributed by atoms with Gasteiger partial charge < -0.3 is 0 Å². The quantitative estimate of drug-likeness (QED) is 0.776. The molecule has 8 atom stereocenters. The van der Waals surface area contributed by atoms with Crippen molar-refractivity contribution in [3.05, 3.63) is 0 Å². The lowest BCUT2D eigenvalue weighted by Gasteiger charge is -2.61. The summed E-state index contributed by atoms with van der Waals surface area (Å²) in [5.41, 5.74) is 0.731. The molecule has 4 rings (SSSR count). The van der Waals surface area contributed by atoms with Crippen molar-refractivity contribution in [3.8, 4) is 0 Å². The third-order valence-corrected chi connectivity index (χ3v) is 10.00. The normalized spacial score (nSPS) is 53.0. The average molecular weight is 368 g/mol. The number of sulfonamides is 1. The molecule has 4 heteroatoms. The molecule has 0 aromatic carbocycles. The number of fused-ring (bicyclic) bond motifs is 5. The van der Waals surface area contributed by atoms with Crippen LogP contribution >= 0.6 is 0 Å². The first-order valence-corrected chi connectivity index (χ1v) is 12.5. The summed E-state index contributed by atoms with van der Waals surface area (Å²) >= 11 is 0. The summed E-state index contributed by atoms with van der Waals surface area (Å²) < 4.78 is 26.7. The van der Waals surface area contributed by atoms with Gasteiger partial charge in [0.2, 0.25) is 10.0 Å². The Morgan fingerprint density at radius 1 is 0.880 bits per heavy atom. The molecule has 0 heterocycles. The second-order valence-electron chi connectivity index (χ2n) is 10.6. The van der Waals surface area contributed by atoms with Crippen molar-refractivity contribution in [1.29, 1.82) is 0 Å². The molecule has 0 amide bonds. The summed E-state index contributed by atoms with van der Waals surface area (Å²) in [5, 5.41) is 0. The molecule has 0 saturated heterocycles. The van der Waals surface area contributed by atoms with Crippen LogP contribution in [0.15, 0.2) is 0 Å². The Labute approximate surface area is 154 Å². The first-order chi connectivity index (χ1) is 11.6. The zero-order valence-corrected chi connectivity index (χ0v) is 17.4. The minimum absolute atomic E-state index is 0.158. The highest BCUT2D eigenvalue weighted by molar-refractivity contribution is 7.88. The van der Waals surface area contributed by atoms with Gasteiger partial charge in [0.1, 0.15) is 0 Å². The van der Waals surface area contributed by atoms with Gasteiger partial charge in [0, 0.05) is 6.04 Å². The van der Waals surface area contributed by atoms with E-state index in [2.05, 4.69) is 25.5 Å². The number of rotatable bonds is 2. The maximum atomic E-state index is 11.8. The molecule has 1 N–H and O–H groups in total. The van der Waals surface area contributed by atoms with Crippen LogP contribution in [-0.4, -0.2) is 20.7 Å². The minimum atomic E-state index is -3.11. The van der Waals surface area contributed by atoms with Crippen molar-refractivity contribution >= 4 is 10.0 Å². The van der Waals surface area contributed by atoms with Crippen molar-refractivity contribution < 1.29 is 8.42 Å². The van der Waals surface area contributed by atoms with E-state index in [0.29, 0.717) is 5.41 Å². The Balaban J connectivity index is 1.58. The highest BCUT2D eigenvalue weighted by atomic mass is 32.2. The SMILES string of the molecule is CC1CCC2(C)C(CCC3C2CCC2(C)C3CC[C@@H]2NS(C)(=O)=O)C1. The Kier molecular flexibility index (Phi) is 4.35. The fraction of sp³-hybridized carbons (Fsp3) is 1.00. The van der Waals surface area contributed by atoms with Gasteiger partial charge in [0.05, 0.1) is 6.26 Å². The Hall–Kier alpha value is -0.0900. The maximum Gasteiger partial charge on any atom is 0.208 e. The molecule has 0 aromatic heterocycles. The van der Waals surface area contributed by atoms with Gasteiger partial charge in [-0.25, -0.2) is 13.1 Å². The van der Waals surface area contributed by atoms with Crippen LogP contribution < -0.4 is 4.72 Å². The predicted octanol–water partition coefficient (Wildman–Crippen LogP) is 4.58. The standard InChI is InChI=1S/C21H37NO2S/c1-14-9-11-20(2)15(13-14)5-6-16-17-7-8-19(22-25(4,23)24)21(17,3)12-10-18(16)20/h14-19,22H,5-13H2,1-4H3/t14?,15?,16?,17?,18?,19-,20?,21?/m0/s1. The Morgan fingerprint density at radius 2 is 1.56 bits per heavy atom. The summed E-state index contributed by atoms with van der Waals surface area (Å²) in [4.78, 5) is 0. The van der Waals surface area contributed by atoms with Gasteiger partial charge in [-0.3, -0.25) is 0 Å². The Morgan fingerprint density at radius 3 is 2.28 bits per heavy atom. The molecule has 144 valence electrons. The van der Waals surface area contributed by atoms with Crippen LogP contribution in [0.1, 0.15) is 78.6 Å². The first kappa shape index (κ1) is 18.3. The van der Waals surface area contributed by atoms with Crippen LogP contribution in [0, 0.1) is 40.4 Å². The minimum Gasteiger partial charge on any atom is -0.213 e. The van der Waals surface area contributed by atoms with E-state index in [-0.39, 0.29) is 11.5 Å². The summed E-state index contributed by atoms with van der Waals surface area (Å²) in [6.45, 7) is 7.45. The molecule has 4 fully saturated rings. The van der Waals surface area contributed by atoms with Crippen LogP contribution in [0.2, 0.25) is 0 Å². The van der Waals surface area contributed by atoms with Crippen molar-refractivity contribution in [2.45, 2.75) is 84.6 Å². The van der Waals surface area contributed by atoms with E-state index < -0.39 is 10.0 Å². The second kappa shape index (κ2) is 5.95. The third kappa shape index (κ3) is 2.90. The van der Waals surface area contributed by atoms with Gasteiger partial charge in [0.25, 0.3) is 0 Å². The highest BCUT2D eigenvalue weighted by Crippen LogP contribution is 2.66. The molecule has 0 bridgehead atoms. The van der Waals surface area contributed by atoms with Gasteiger partial charge in [-0.1, -0.05) is 27.2 Å². The zero-order valence-electron chi connectivity index (χ0n) is 16.6. The van der Waals surface area contributed by atoms with E-state index in [4.69, 9.17) is 0 Å². The first-order valence-electron chi connectivity index (χ1n) is 10.6. The smallest absolute Gasteiger partial charge is 0.208 e. The van der Waals surface area contributed by atoms with Gasteiger partial charge >= 0.3 is 0 Å². The molecule has 7 unspecified atom stereocenters. The van der Waals surface area contributed by atoms with Crippen LogP contribution in [0.3, 0.4) is 0 Å². The average Bonchev–Trinajstić information content (AvgIpc) is 2.83. The maximum absolute atomic E-state index is 11.8. The fourth-order valence-corrected chi connectivity index (χ4v) is 8.83. The van der Waals surface area contributed by atoms with E-state index in [9.17, 15) is 8.42 Å². The van der Waals surface area contributed by atoms with Crippen molar-refractivity contribution in [2.24, 2.45) is 40.4 Å². The van der Waals surface area contributed by atoms with E-state index in [1.807, 2.05) is 0 Å². The molecule has 0 aliphatic heterocycles. The number of hydrogen-bond acceptors (Lipinski definition) is 2. The zero-order chi connectivity index (χ0) is 18.0.